The summed E-state index contributed by atoms with van der Waals surface area (Å²) in [5, 5.41) is 6.09. The number of halogens is 1. The summed E-state index contributed by atoms with van der Waals surface area (Å²) in [4.78, 5) is 39.8. The molecule has 2 N–H and O–H groups in total. The Morgan fingerprint density at radius 2 is 1.86 bits per heavy atom. The van der Waals surface area contributed by atoms with Crippen molar-refractivity contribution >= 4 is 46.9 Å². The lowest BCUT2D eigenvalue weighted by Crippen LogP contribution is -2.44. The maximum atomic E-state index is 12.5. The van der Waals surface area contributed by atoms with E-state index in [9.17, 15) is 14.4 Å². The van der Waals surface area contributed by atoms with E-state index in [1.807, 2.05) is 37.3 Å². The molecule has 0 unspecified atom stereocenters. The summed E-state index contributed by atoms with van der Waals surface area (Å²) in [7, 11) is 0. The molecule has 8 heteroatoms. The van der Waals surface area contributed by atoms with Gasteiger partial charge in [0.05, 0.1) is 5.69 Å². The van der Waals surface area contributed by atoms with Crippen molar-refractivity contribution in [1.82, 2.24) is 10.2 Å². The SMILES string of the molecule is CC[C@]1(C)NC(=O)N(CC(=O)Nc2ccccc2Sc2ccc(Cl)cc2)C1=O. The van der Waals surface area contributed by atoms with Crippen molar-refractivity contribution < 1.29 is 14.4 Å². The van der Waals surface area contributed by atoms with Gasteiger partial charge in [0.25, 0.3) is 5.91 Å². The number of para-hydroxylation sites is 1. The molecule has 3 rings (SSSR count). The van der Waals surface area contributed by atoms with Crippen LogP contribution in [0.2, 0.25) is 5.02 Å². The normalized spacial score (nSPS) is 18.9. The van der Waals surface area contributed by atoms with Gasteiger partial charge >= 0.3 is 6.03 Å². The molecule has 2 aromatic carbocycles. The highest BCUT2D eigenvalue weighted by atomic mass is 35.5. The minimum Gasteiger partial charge on any atom is -0.323 e. The first-order valence-corrected chi connectivity index (χ1v) is 9.98. The Kier molecular flexibility index (Phi) is 5.96. The smallest absolute Gasteiger partial charge is 0.323 e. The van der Waals surface area contributed by atoms with E-state index in [0.717, 1.165) is 14.7 Å². The van der Waals surface area contributed by atoms with E-state index in [2.05, 4.69) is 10.6 Å². The number of carbonyl (C=O) groups is 3. The van der Waals surface area contributed by atoms with Crippen LogP contribution in [-0.4, -0.2) is 34.8 Å². The summed E-state index contributed by atoms with van der Waals surface area (Å²) < 4.78 is 0. The first-order chi connectivity index (χ1) is 13.3. The third kappa shape index (κ3) is 4.31. The van der Waals surface area contributed by atoms with Crippen LogP contribution >= 0.6 is 23.4 Å². The maximum absolute atomic E-state index is 12.5. The van der Waals surface area contributed by atoms with Gasteiger partial charge in [-0.1, -0.05) is 42.4 Å². The fourth-order valence-electron chi connectivity index (χ4n) is 2.75. The number of nitrogens with zero attached hydrogens (tertiary/aromatic N) is 1. The fourth-order valence-corrected chi connectivity index (χ4v) is 3.78. The Bertz CT molecular complexity index is 919. The minimum atomic E-state index is -0.959. The highest BCUT2D eigenvalue weighted by Crippen LogP contribution is 2.34. The van der Waals surface area contributed by atoms with Crippen LogP contribution in [-0.2, 0) is 9.59 Å². The summed E-state index contributed by atoms with van der Waals surface area (Å²) in [6.07, 6.45) is 0.455. The third-order valence-corrected chi connectivity index (χ3v) is 5.89. The first kappa shape index (κ1) is 20.2. The number of carbonyl (C=O) groups excluding carboxylic acids is 3. The number of rotatable bonds is 6. The summed E-state index contributed by atoms with van der Waals surface area (Å²) in [6.45, 7) is 3.13. The van der Waals surface area contributed by atoms with E-state index in [-0.39, 0.29) is 12.5 Å². The van der Waals surface area contributed by atoms with Crippen molar-refractivity contribution in [3.8, 4) is 0 Å². The van der Waals surface area contributed by atoms with Crippen molar-refractivity contribution in [2.75, 3.05) is 11.9 Å². The van der Waals surface area contributed by atoms with Crippen LogP contribution < -0.4 is 10.6 Å². The van der Waals surface area contributed by atoms with E-state index in [4.69, 9.17) is 11.6 Å². The van der Waals surface area contributed by atoms with Gasteiger partial charge in [0, 0.05) is 14.8 Å². The highest BCUT2D eigenvalue weighted by molar-refractivity contribution is 7.99. The second kappa shape index (κ2) is 8.24. The molecule has 1 aliphatic rings. The van der Waals surface area contributed by atoms with Gasteiger partial charge in [0.2, 0.25) is 5.91 Å². The third-order valence-electron chi connectivity index (χ3n) is 4.56. The van der Waals surface area contributed by atoms with Crippen molar-refractivity contribution in [3.05, 3.63) is 53.6 Å². The van der Waals surface area contributed by atoms with Crippen molar-refractivity contribution in [2.24, 2.45) is 0 Å². The molecule has 1 atom stereocenters. The van der Waals surface area contributed by atoms with Crippen LogP contribution in [0.1, 0.15) is 20.3 Å². The fraction of sp³-hybridized carbons (Fsp3) is 0.250. The van der Waals surface area contributed by atoms with Gasteiger partial charge in [-0.15, -0.1) is 0 Å². The molecule has 1 aliphatic heterocycles. The molecule has 0 radical (unpaired) electrons. The van der Waals surface area contributed by atoms with Crippen LogP contribution in [0.15, 0.2) is 58.3 Å². The summed E-state index contributed by atoms with van der Waals surface area (Å²) in [5.41, 5.74) is -0.350. The van der Waals surface area contributed by atoms with Gasteiger partial charge < -0.3 is 10.6 Å². The Balaban J connectivity index is 1.70. The van der Waals surface area contributed by atoms with Gasteiger partial charge in [-0.05, 0) is 49.7 Å². The second-order valence-corrected chi connectivity index (χ2v) is 8.16. The standard InChI is InChI=1S/C20H20ClN3O3S/c1-3-20(2)18(26)24(19(27)23-20)12-17(25)22-15-6-4-5-7-16(15)28-14-10-8-13(21)9-11-14/h4-11H,3,12H2,1-2H3,(H,22,25)(H,23,27)/t20-/m0/s1. The minimum absolute atomic E-state index is 0.333. The van der Waals surface area contributed by atoms with Gasteiger partial charge in [0.15, 0.2) is 0 Å². The first-order valence-electron chi connectivity index (χ1n) is 8.79. The van der Waals surface area contributed by atoms with E-state index >= 15 is 0 Å². The molecule has 0 aliphatic carbocycles. The molecule has 4 amide bonds. The predicted octanol–water partition coefficient (Wildman–Crippen LogP) is 4.15. The Hall–Kier alpha value is -2.51. The molecule has 1 heterocycles. The molecule has 146 valence electrons. The van der Waals surface area contributed by atoms with Crippen molar-refractivity contribution in [3.63, 3.8) is 0 Å². The molecule has 1 saturated heterocycles. The zero-order valence-corrected chi connectivity index (χ0v) is 17.1. The Morgan fingerprint density at radius 3 is 2.50 bits per heavy atom. The lowest BCUT2D eigenvalue weighted by atomic mass is 9.99. The molecular weight excluding hydrogens is 398 g/mol. The molecule has 0 spiro atoms. The lowest BCUT2D eigenvalue weighted by Gasteiger charge is -2.19. The van der Waals surface area contributed by atoms with Gasteiger partial charge in [-0.3, -0.25) is 14.5 Å². The zero-order valence-electron chi connectivity index (χ0n) is 15.5. The Morgan fingerprint density at radius 1 is 1.18 bits per heavy atom. The summed E-state index contributed by atoms with van der Waals surface area (Å²) >= 11 is 7.40. The van der Waals surface area contributed by atoms with E-state index in [0.29, 0.717) is 17.1 Å². The van der Waals surface area contributed by atoms with Crippen LogP contribution in [0.3, 0.4) is 0 Å². The average Bonchev–Trinajstić information content (AvgIpc) is 2.89. The number of benzene rings is 2. The van der Waals surface area contributed by atoms with Crippen LogP contribution in [0.25, 0.3) is 0 Å². The molecule has 6 nitrogen and oxygen atoms in total. The van der Waals surface area contributed by atoms with E-state index < -0.39 is 17.5 Å². The number of imide groups is 1. The van der Waals surface area contributed by atoms with Gasteiger partial charge in [0.1, 0.15) is 12.1 Å². The average molecular weight is 418 g/mol. The topological polar surface area (TPSA) is 78.5 Å². The number of urea groups is 1. The molecule has 0 saturated carbocycles. The molecule has 0 bridgehead atoms. The van der Waals surface area contributed by atoms with Crippen LogP contribution in [0.5, 0.6) is 0 Å². The molecular formula is C20H20ClN3O3S. The number of nitrogens with one attached hydrogen (secondary N) is 2. The molecule has 0 aromatic heterocycles. The van der Waals surface area contributed by atoms with Crippen LogP contribution in [0, 0.1) is 0 Å². The molecule has 28 heavy (non-hydrogen) atoms. The number of amides is 4. The lowest BCUT2D eigenvalue weighted by molar-refractivity contribution is -0.133. The van der Waals surface area contributed by atoms with Gasteiger partial charge in [-0.2, -0.15) is 0 Å². The largest absolute Gasteiger partial charge is 0.325 e. The summed E-state index contributed by atoms with van der Waals surface area (Å²) in [6, 6.07) is 14.2. The number of hydrogen-bond acceptors (Lipinski definition) is 4. The zero-order chi connectivity index (χ0) is 20.3. The van der Waals surface area contributed by atoms with Crippen molar-refractivity contribution in [2.45, 2.75) is 35.6 Å². The monoisotopic (exact) mass is 417 g/mol. The maximum Gasteiger partial charge on any atom is 0.325 e. The summed E-state index contributed by atoms with van der Waals surface area (Å²) in [5.74, 6) is -0.827. The Labute approximate surface area is 172 Å². The number of hydrogen-bond donors (Lipinski definition) is 2. The quantitative estimate of drug-likeness (QED) is 0.692. The van der Waals surface area contributed by atoms with E-state index in [1.54, 1.807) is 25.1 Å². The molecule has 2 aromatic rings. The highest BCUT2D eigenvalue weighted by Gasteiger charge is 2.46. The predicted molar refractivity (Wildman–Crippen MR) is 110 cm³/mol. The second-order valence-electron chi connectivity index (χ2n) is 6.61. The van der Waals surface area contributed by atoms with E-state index in [1.165, 1.54) is 11.8 Å². The molecule has 1 fully saturated rings. The number of anilines is 1. The van der Waals surface area contributed by atoms with Gasteiger partial charge in [-0.25, -0.2) is 4.79 Å². The van der Waals surface area contributed by atoms with Crippen molar-refractivity contribution in [1.29, 1.82) is 0 Å². The van der Waals surface area contributed by atoms with Crippen LogP contribution in [0.4, 0.5) is 10.5 Å².